The molecule has 0 spiro atoms. The van der Waals surface area contributed by atoms with E-state index in [0.717, 1.165) is 24.9 Å². The van der Waals surface area contributed by atoms with Gasteiger partial charge in [-0.05, 0) is 30.5 Å². The molecule has 0 bridgehead atoms. The Balaban J connectivity index is 1.81. The summed E-state index contributed by atoms with van der Waals surface area (Å²) in [4.78, 5) is 0. The molecule has 0 saturated heterocycles. The zero-order chi connectivity index (χ0) is 12.1. The van der Waals surface area contributed by atoms with Gasteiger partial charge in [0.05, 0.1) is 0 Å². The van der Waals surface area contributed by atoms with Crippen LogP contribution in [0.5, 0.6) is 5.75 Å². The summed E-state index contributed by atoms with van der Waals surface area (Å²) in [5.74, 6) is 0.200. The fourth-order valence-electron chi connectivity index (χ4n) is 1.83. The smallest absolute Gasteiger partial charge is 0.387 e. The molecular weight excluding hydrogens is 224 g/mol. The fourth-order valence-corrected chi connectivity index (χ4v) is 1.83. The lowest BCUT2D eigenvalue weighted by Gasteiger charge is -2.12. The van der Waals surface area contributed by atoms with E-state index in [9.17, 15) is 8.78 Å². The van der Waals surface area contributed by atoms with Gasteiger partial charge in [-0.2, -0.15) is 8.78 Å². The van der Waals surface area contributed by atoms with E-state index in [-0.39, 0.29) is 5.75 Å². The van der Waals surface area contributed by atoms with Gasteiger partial charge in [-0.25, -0.2) is 0 Å². The summed E-state index contributed by atoms with van der Waals surface area (Å²) in [6.07, 6.45) is 6.45. The number of rotatable bonds is 5. The highest BCUT2D eigenvalue weighted by Gasteiger charge is 2.09. The van der Waals surface area contributed by atoms with Crippen LogP contribution in [0.3, 0.4) is 0 Å². The topological polar surface area (TPSA) is 21.3 Å². The van der Waals surface area contributed by atoms with Crippen LogP contribution in [0.4, 0.5) is 8.78 Å². The van der Waals surface area contributed by atoms with E-state index < -0.39 is 6.61 Å². The summed E-state index contributed by atoms with van der Waals surface area (Å²) in [5.41, 5.74) is 1.07. The van der Waals surface area contributed by atoms with Crippen molar-refractivity contribution in [3.63, 3.8) is 0 Å². The van der Waals surface area contributed by atoms with E-state index in [2.05, 4.69) is 22.2 Å². The van der Waals surface area contributed by atoms with Crippen LogP contribution in [0.1, 0.15) is 18.4 Å². The Kier molecular flexibility index (Phi) is 4.09. The zero-order valence-corrected chi connectivity index (χ0v) is 9.40. The molecule has 0 saturated carbocycles. The quantitative estimate of drug-likeness (QED) is 0.797. The number of ether oxygens (including phenoxy) is 1. The van der Waals surface area contributed by atoms with Gasteiger partial charge >= 0.3 is 6.61 Å². The minimum absolute atomic E-state index is 0.200. The number of alkyl halides is 2. The minimum atomic E-state index is -2.76. The molecule has 1 aliphatic carbocycles. The van der Waals surface area contributed by atoms with Crippen molar-refractivity contribution in [2.45, 2.75) is 32.0 Å². The molecule has 0 radical (unpaired) electrons. The van der Waals surface area contributed by atoms with E-state index >= 15 is 0 Å². The van der Waals surface area contributed by atoms with E-state index in [1.54, 1.807) is 24.3 Å². The van der Waals surface area contributed by atoms with Crippen LogP contribution in [0, 0.1) is 0 Å². The first-order chi connectivity index (χ1) is 8.24. The van der Waals surface area contributed by atoms with Crippen LogP contribution in [0.25, 0.3) is 0 Å². The highest BCUT2D eigenvalue weighted by Crippen LogP contribution is 2.15. The van der Waals surface area contributed by atoms with Gasteiger partial charge < -0.3 is 10.1 Å². The van der Waals surface area contributed by atoms with Crippen molar-refractivity contribution in [1.82, 2.24) is 5.32 Å². The molecule has 4 heteroatoms. The number of hydrogen-bond donors (Lipinski definition) is 1. The van der Waals surface area contributed by atoms with Crippen molar-refractivity contribution in [2.75, 3.05) is 0 Å². The Morgan fingerprint density at radius 3 is 2.41 bits per heavy atom. The molecule has 2 nitrogen and oxygen atoms in total. The number of halogens is 2. The second-order valence-electron chi connectivity index (χ2n) is 4.04. The van der Waals surface area contributed by atoms with Crippen molar-refractivity contribution >= 4 is 0 Å². The highest BCUT2D eigenvalue weighted by molar-refractivity contribution is 5.27. The summed E-state index contributed by atoms with van der Waals surface area (Å²) in [7, 11) is 0. The highest BCUT2D eigenvalue weighted by atomic mass is 19.3. The normalized spacial score (nSPS) is 15.7. The minimum Gasteiger partial charge on any atom is -0.435 e. The second-order valence-corrected chi connectivity index (χ2v) is 4.04. The van der Waals surface area contributed by atoms with Crippen LogP contribution < -0.4 is 10.1 Å². The Labute approximate surface area is 99.3 Å². The number of benzene rings is 1. The van der Waals surface area contributed by atoms with Gasteiger partial charge in [-0.3, -0.25) is 0 Å². The molecule has 1 aromatic rings. The number of nitrogens with one attached hydrogen (secondary N) is 1. The van der Waals surface area contributed by atoms with Gasteiger partial charge in [0, 0.05) is 12.6 Å². The second kappa shape index (κ2) is 5.77. The maximum atomic E-state index is 11.9. The summed E-state index contributed by atoms with van der Waals surface area (Å²) in [6, 6.07) is 7.23. The fraction of sp³-hybridized carbons (Fsp3) is 0.385. The molecule has 0 amide bonds. The van der Waals surface area contributed by atoms with Gasteiger partial charge in [0.15, 0.2) is 0 Å². The Morgan fingerprint density at radius 2 is 1.82 bits per heavy atom. The Bertz CT molecular complexity index is 368. The predicted molar refractivity (Wildman–Crippen MR) is 62.1 cm³/mol. The third-order valence-electron chi connectivity index (χ3n) is 2.75. The molecule has 1 N–H and O–H groups in total. The molecule has 92 valence electrons. The molecule has 0 unspecified atom stereocenters. The maximum Gasteiger partial charge on any atom is 0.387 e. The monoisotopic (exact) mass is 239 g/mol. The van der Waals surface area contributed by atoms with Crippen LogP contribution >= 0.6 is 0 Å². The first kappa shape index (κ1) is 12.0. The van der Waals surface area contributed by atoms with Gasteiger partial charge in [0.25, 0.3) is 0 Å². The molecule has 0 fully saturated rings. The summed E-state index contributed by atoms with van der Waals surface area (Å²) >= 11 is 0. The summed E-state index contributed by atoms with van der Waals surface area (Å²) < 4.78 is 28.1. The predicted octanol–water partition coefficient (Wildman–Crippen LogP) is 3.10. The Hall–Kier alpha value is -1.42. The molecular formula is C13H15F2NO. The van der Waals surface area contributed by atoms with Crippen molar-refractivity contribution < 1.29 is 13.5 Å². The summed E-state index contributed by atoms with van der Waals surface area (Å²) in [5, 5.41) is 3.41. The molecule has 0 aliphatic heterocycles. The van der Waals surface area contributed by atoms with Crippen LogP contribution in [-0.4, -0.2) is 12.7 Å². The lowest BCUT2D eigenvalue weighted by atomic mass is 10.2. The summed E-state index contributed by atoms with van der Waals surface area (Å²) in [6.45, 7) is -2.01. The Morgan fingerprint density at radius 1 is 1.18 bits per heavy atom. The van der Waals surface area contributed by atoms with Gasteiger partial charge in [-0.1, -0.05) is 24.3 Å². The lowest BCUT2D eigenvalue weighted by molar-refractivity contribution is -0.0498. The van der Waals surface area contributed by atoms with E-state index in [0.29, 0.717) is 6.04 Å². The van der Waals surface area contributed by atoms with E-state index in [1.165, 1.54) is 0 Å². The van der Waals surface area contributed by atoms with E-state index in [4.69, 9.17) is 0 Å². The molecule has 0 heterocycles. The molecule has 2 rings (SSSR count). The third-order valence-corrected chi connectivity index (χ3v) is 2.75. The molecule has 1 aromatic carbocycles. The molecule has 1 aliphatic rings. The van der Waals surface area contributed by atoms with Gasteiger partial charge in [0.1, 0.15) is 5.75 Å². The van der Waals surface area contributed by atoms with Crippen LogP contribution in [0.15, 0.2) is 36.4 Å². The largest absolute Gasteiger partial charge is 0.435 e. The van der Waals surface area contributed by atoms with Crippen molar-refractivity contribution in [2.24, 2.45) is 0 Å². The SMILES string of the molecule is FC(F)Oc1ccc(CNC2CC=CC2)cc1. The van der Waals surface area contributed by atoms with E-state index in [1.807, 2.05) is 0 Å². The molecule has 17 heavy (non-hydrogen) atoms. The molecule has 0 atom stereocenters. The standard InChI is InChI=1S/C13H15F2NO/c14-13(15)17-12-7-5-10(6-8-12)9-16-11-3-1-2-4-11/h1-2,5-8,11,13,16H,3-4,9H2. The van der Waals surface area contributed by atoms with Crippen molar-refractivity contribution in [3.05, 3.63) is 42.0 Å². The first-order valence-electron chi connectivity index (χ1n) is 5.66. The van der Waals surface area contributed by atoms with Crippen molar-refractivity contribution in [1.29, 1.82) is 0 Å². The first-order valence-corrected chi connectivity index (χ1v) is 5.66. The lowest BCUT2D eigenvalue weighted by Crippen LogP contribution is -2.25. The molecule has 0 aromatic heterocycles. The van der Waals surface area contributed by atoms with Crippen LogP contribution in [0.2, 0.25) is 0 Å². The third kappa shape index (κ3) is 3.82. The van der Waals surface area contributed by atoms with Crippen LogP contribution in [-0.2, 0) is 6.54 Å². The average molecular weight is 239 g/mol. The van der Waals surface area contributed by atoms with Gasteiger partial charge in [0.2, 0.25) is 0 Å². The number of hydrogen-bond acceptors (Lipinski definition) is 2. The zero-order valence-electron chi connectivity index (χ0n) is 9.40. The average Bonchev–Trinajstić information content (AvgIpc) is 2.80. The maximum absolute atomic E-state index is 11.9. The van der Waals surface area contributed by atoms with Crippen molar-refractivity contribution in [3.8, 4) is 5.75 Å². The van der Waals surface area contributed by atoms with Gasteiger partial charge in [-0.15, -0.1) is 0 Å².